The van der Waals surface area contributed by atoms with Gasteiger partial charge in [0.2, 0.25) is 0 Å². The predicted molar refractivity (Wildman–Crippen MR) is 85.4 cm³/mol. The van der Waals surface area contributed by atoms with Gasteiger partial charge in [0.25, 0.3) is 0 Å². The van der Waals surface area contributed by atoms with E-state index in [1.807, 2.05) is 11.3 Å². The van der Waals surface area contributed by atoms with Crippen molar-refractivity contribution in [1.82, 2.24) is 15.2 Å². The Morgan fingerprint density at radius 1 is 1.30 bits per heavy atom. The highest BCUT2D eigenvalue weighted by Crippen LogP contribution is 2.46. The second-order valence-corrected chi connectivity index (χ2v) is 7.83. The van der Waals surface area contributed by atoms with E-state index in [4.69, 9.17) is 4.98 Å². The Morgan fingerprint density at radius 2 is 1.95 bits per heavy atom. The summed E-state index contributed by atoms with van der Waals surface area (Å²) < 4.78 is 0. The van der Waals surface area contributed by atoms with Gasteiger partial charge in [0, 0.05) is 17.0 Å². The van der Waals surface area contributed by atoms with Gasteiger partial charge in [0.15, 0.2) is 0 Å². The lowest BCUT2D eigenvalue weighted by Gasteiger charge is -2.45. The number of rotatable bonds is 4. The van der Waals surface area contributed by atoms with Crippen molar-refractivity contribution >= 4 is 11.3 Å². The van der Waals surface area contributed by atoms with E-state index in [0.717, 1.165) is 18.6 Å². The molecule has 3 nitrogen and oxygen atoms in total. The Kier molecular flexibility index (Phi) is 3.91. The molecule has 1 aromatic rings. The fourth-order valence-electron chi connectivity index (χ4n) is 3.91. The third-order valence-electron chi connectivity index (χ3n) is 5.30. The molecule has 2 aliphatic rings. The summed E-state index contributed by atoms with van der Waals surface area (Å²) in [7, 11) is 2.31. The van der Waals surface area contributed by atoms with E-state index in [-0.39, 0.29) is 5.54 Å². The van der Waals surface area contributed by atoms with Gasteiger partial charge >= 0.3 is 0 Å². The molecule has 20 heavy (non-hydrogen) atoms. The highest BCUT2D eigenvalue weighted by molar-refractivity contribution is 7.11. The molecule has 2 unspecified atom stereocenters. The fraction of sp³-hybridized carbons (Fsp3) is 0.812. The quantitative estimate of drug-likeness (QED) is 0.924. The summed E-state index contributed by atoms with van der Waals surface area (Å²) in [6.45, 7) is 7.70. The normalized spacial score (nSPS) is 33.8. The largest absolute Gasteiger partial charge is 0.305 e. The third kappa shape index (κ3) is 2.32. The van der Waals surface area contributed by atoms with E-state index in [0.29, 0.717) is 0 Å². The molecule has 0 radical (unpaired) electrons. The van der Waals surface area contributed by atoms with E-state index in [1.54, 1.807) is 0 Å². The molecule has 2 atom stereocenters. The minimum Gasteiger partial charge on any atom is -0.305 e. The molecule has 0 spiro atoms. The zero-order valence-corrected chi connectivity index (χ0v) is 14.0. The Labute approximate surface area is 126 Å². The Hall–Kier alpha value is -0.450. The van der Waals surface area contributed by atoms with E-state index < -0.39 is 0 Å². The number of aromatic nitrogens is 1. The predicted octanol–water partition coefficient (Wildman–Crippen LogP) is 3.21. The number of nitrogens with one attached hydrogen (secondary N) is 1. The summed E-state index contributed by atoms with van der Waals surface area (Å²) in [5, 5.41) is 5.22. The second kappa shape index (κ2) is 5.39. The van der Waals surface area contributed by atoms with Crippen LogP contribution in [-0.4, -0.2) is 35.6 Å². The van der Waals surface area contributed by atoms with Gasteiger partial charge in [-0.05, 0) is 59.5 Å². The molecule has 1 N–H and O–H groups in total. The Morgan fingerprint density at radius 3 is 2.45 bits per heavy atom. The van der Waals surface area contributed by atoms with Crippen molar-refractivity contribution in [3.63, 3.8) is 0 Å². The number of hydrogen-bond donors (Lipinski definition) is 1. The van der Waals surface area contributed by atoms with E-state index in [1.165, 1.54) is 47.7 Å². The van der Waals surface area contributed by atoms with Crippen LogP contribution in [0.3, 0.4) is 0 Å². The van der Waals surface area contributed by atoms with Gasteiger partial charge < -0.3 is 10.2 Å². The molecular weight excluding hydrogens is 266 g/mol. The van der Waals surface area contributed by atoms with Crippen molar-refractivity contribution in [3.05, 3.63) is 15.6 Å². The number of fused-ring (bicyclic) bond motifs is 2. The summed E-state index contributed by atoms with van der Waals surface area (Å²) in [6.07, 6.45) is 6.37. The van der Waals surface area contributed by atoms with Crippen molar-refractivity contribution in [2.45, 2.75) is 70.5 Å². The summed E-state index contributed by atoms with van der Waals surface area (Å²) in [4.78, 5) is 8.91. The van der Waals surface area contributed by atoms with Crippen molar-refractivity contribution in [2.75, 3.05) is 13.6 Å². The fourth-order valence-corrected chi connectivity index (χ4v) is 5.01. The lowest BCUT2D eigenvalue weighted by atomic mass is 9.83. The maximum absolute atomic E-state index is 4.92. The minimum absolute atomic E-state index is 0.137. The average molecular weight is 293 g/mol. The standard InChI is InChI=1S/C16H27N3S/c1-5-8-17-16(15-18-11(2)12(3)20-15)9-13-6-7-14(10-16)19(13)4/h13-14,17H,5-10H2,1-4H3. The van der Waals surface area contributed by atoms with Gasteiger partial charge in [-0.15, -0.1) is 11.3 Å². The SMILES string of the molecule is CCCNC1(c2nc(C)c(C)s2)CC2CCC(C1)N2C. The smallest absolute Gasteiger partial charge is 0.113 e. The van der Waals surface area contributed by atoms with Crippen molar-refractivity contribution in [2.24, 2.45) is 0 Å². The van der Waals surface area contributed by atoms with Crippen LogP contribution in [0.25, 0.3) is 0 Å². The van der Waals surface area contributed by atoms with Crippen LogP contribution < -0.4 is 5.32 Å². The molecular formula is C16H27N3S. The van der Waals surface area contributed by atoms with Crippen LogP contribution >= 0.6 is 11.3 Å². The van der Waals surface area contributed by atoms with Gasteiger partial charge in [0.05, 0.1) is 11.2 Å². The van der Waals surface area contributed by atoms with Gasteiger partial charge in [-0.25, -0.2) is 4.98 Å². The summed E-state index contributed by atoms with van der Waals surface area (Å²) in [5.74, 6) is 0. The lowest BCUT2D eigenvalue weighted by molar-refractivity contribution is 0.0887. The molecule has 1 aromatic heterocycles. The number of hydrogen-bond acceptors (Lipinski definition) is 4. The van der Waals surface area contributed by atoms with Crippen LogP contribution in [-0.2, 0) is 5.54 Å². The first-order chi connectivity index (χ1) is 9.55. The maximum atomic E-state index is 4.92. The third-order valence-corrected chi connectivity index (χ3v) is 6.58. The molecule has 0 aliphatic carbocycles. The van der Waals surface area contributed by atoms with Crippen LogP contribution in [0.15, 0.2) is 0 Å². The molecule has 3 heterocycles. The van der Waals surface area contributed by atoms with E-state index >= 15 is 0 Å². The molecule has 0 saturated carbocycles. The monoisotopic (exact) mass is 293 g/mol. The second-order valence-electron chi connectivity index (χ2n) is 6.63. The topological polar surface area (TPSA) is 28.2 Å². The maximum Gasteiger partial charge on any atom is 0.113 e. The van der Waals surface area contributed by atoms with Crippen LogP contribution in [0.4, 0.5) is 0 Å². The highest BCUT2D eigenvalue weighted by Gasteiger charge is 2.48. The van der Waals surface area contributed by atoms with E-state index in [9.17, 15) is 0 Å². The number of thiazole rings is 1. The molecule has 3 rings (SSSR count). The van der Waals surface area contributed by atoms with Crippen molar-refractivity contribution in [1.29, 1.82) is 0 Å². The number of nitrogens with zero attached hydrogens (tertiary/aromatic N) is 2. The average Bonchev–Trinajstić information content (AvgIpc) is 2.86. The molecule has 0 aromatic carbocycles. The molecule has 2 fully saturated rings. The highest BCUT2D eigenvalue weighted by atomic mass is 32.1. The Balaban J connectivity index is 1.93. The number of piperidine rings is 1. The summed E-state index contributed by atoms with van der Waals surface area (Å²) >= 11 is 1.91. The van der Waals surface area contributed by atoms with E-state index in [2.05, 4.69) is 38.0 Å². The zero-order valence-electron chi connectivity index (χ0n) is 13.2. The van der Waals surface area contributed by atoms with Crippen LogP contribution in [0.2, 0.25) is 0 Å². The molecule has 2 saturated heterocycles. The van der Waals surface area contributed by atoms with Crippen molar-refractivity contribution in [3.8, 4) is 0 Å². The molecule has 112 valence electrons. The van der Waals surface area contributed by atoms with Gasteiger partial charge in [-0.1, -0.05) is 6.92 Å². The van der Waals surface area contributed by atoms with Gasteiger partial charge in [0.1, 0.15) is 5.01 Å². The van der Waals surface area contributed by atoms with Gasteiger partial charge in [-0.3, -0.25) is 0 Å². The Bertz CT molecular complexity index is 449. The zero-order chi connectivity index (χ0) is 14.3. The molecule has 2 aliphatic heterocycles. The summed E-state index contributed by atoms with van der Waals surface area (Å²) in [5.41, 5.74) is 1.35. The first kappa shape index (κ1) is 14.5. The molecule has 2 bridgehead atoms. The van der Waals surface area contributed by atoms with Crippen LogP contribution in [0.5, 0.6) is 0 Å². The first-order valence-corrected chi connectivity index (χ1v) is 8.79. The van der Waals surface area contributed by atoms with Crippen molar-refractivity contribution < 1.29 is 0 Å². The number of aryl methyl sites for hydroxylation is 2. The van der Waals surface area contributed by atoms with Crippen LogP contribution in [0.1, 0.15) is 54.6 Å². The summed E-state index contributed by atoms with van der Waals surface area (Å²) in [6, 6.07) is 1.48. The molecule has 0 amide bonds. The molecule has 4 heteroatoms. The van der Waals surface area contributed by atoms with Crippen LogP contribution in [0, 0.1) is 13.8 Å². The first-order valence-electron chi connectivity index (χ1n) is 7.97. The lowest BCUT2D eigenvalue weighted by Crippen LogP contribution is -2.54. The minimum atomic E-state index is 0.137. The van der Waals surface area contributed by atoms with Gasteiger partial charge in [-0.2, -0.15) is 0 Å².